The molecule has 2 amide bonds. The van der Waals surface area contributed by atoms with E-state index in [2.05, 4.69) is 27.4 Å². The lowest BCUT2D eigenvalue weighted by molar-refractivity contribution is -0.126. The van der Waals surface area contributed by atoms with Gasteiger partial charge in [-0.15, -0.1) is 11.3 Å². The van der Waals surface area contributed by atoms with Gasteiger partial charge in [0.25, 0.3) is 5.91 Å². The van der Waals surface area contributed by atoms with Gasteiger partial charge in [-0.2, -0.15) is 0 Å². The second-order valence-corrected chi connectivity index (χ2v) is 9.99. The fourth-order valence-corrected chi connectivity index (χ4v) is 5.83. The SMILES string of the molecule is COc1cccc(Cn2c(C(=O)N3CCC(C(=O)NC[C@H]4CCCO4)CC3)cc3ccsc32)c1. The van der Waals surface area contributed by atoms with E-state index in [1.54, 1.807) is 18.4 Å². The van der Waals surface area contributed by atoms with E-state index in [0.29, 0.717) is 44.7 Å². The van der Waals surface area contributed by atoms with Gasteiger partial charge in [-0.25, -0.2) is 0 Å². The third kappa shape index (κ3) is 4.83. The van der Waals surface area contributed by atoms with Crippen LogP contribution in [0.25, 0.3) is 10.2 Å². The molecule has 0 aliphatic carbocycles. The van der Waals surface area contributed by atoms with Crippen molar-refractivity contribution in [3.05, 3.63) is 53.0 Å². The van der Waals surface area contributed by atoms with Gasteiger partial charge >= 0.3 is 0 Å². The smallest absolute Gasteiger partial charge is 0.270 e. The maximum atomic E-state index is 13.5. The first-order valence-corrected chi connectivity index (χ1v) is 12.9. The van der Waals surface area contributed by atoms with Crippen molar-refractivity contribution in [1.82, 2.24) is 14.8 Å². The molecule has 1 N–H and O–H groups in total. The summed E-state index contributed by atoms with van der Waals surface area (Å²) in [6.45, 7) is 3.17. The van der Waals surface area contributed by atoms with Crippen LogP contribution < -0.4 is 10.1 Å². The number of carbonyl (C=O) groups excluding carboxylic acids is 2. The number of aromatic nitrogens is 1. The largest absolute Gasteiger partial charge is 0.497 e. The van der Waals surface area contributed by atoms with Crippen LogP contribution >= 0.6 is 11.3 Å². The van der Waals surface area contributed by atoms with Crippen molar-refractivity contribution in [2.45, 2.75) is 38.3 Å². The molecule has 7 nitrogen and oxygen atoms in total. The predicted molar refractivity (Wildman–Crippen MR) is 133 cm³/mol. The number of amides is 2. The topological polar surface area (TPSA) is 72.8 Å². The molecule has 0 bridgehead atoms. The summed E-state index contributed by atoms with van der Waals surface area (Å²) in [5.74, 6) is 0.881. The minimum atomic E-state index is -0.0440. The number of fused-ring (bicyclic) bond motifs is 1. The molecule has 4 heterocycles. The van der Waals surface area contributed by atoms with E-state index in [1.165, 1.54) is 0 Å². The predicted octanol–water partition coefficient (Wildman–Crippen LogP) is 3.91. The average molecular weight is 482 g/mol. The lowest BCUT2D eigenvalue weighted by Gasteiger charge is -2.31. The van der Waals surface area contributed by atoms with E-state index in [0.717, 1.165) is 41.0 Å². The maximum Gasteiger partial charge on any atom is 0.270 e. The van der Waals surface area contributed by atoms with Crippen LogP contribution in [0.5, 0.6) is 5.75 Å². The highest BCUT2D eigenvalue weighted by Crippen LogP contribution is 2.29. The van der Waals surface area contributed by atoms with Crippen LogP contribution in [0.2, 0.25) is 0 Å². The number of hydrogen-bond acceptors (Lipinski definition) is 5. The standard InChI is InChI=1S/C26H31N3O4S/c1-32-21-5-2-4-18(14-21)17-29-23(15-20-9-13-34-26(20)29)25(31)28-10-7-19(8-11-28)24(30)27-16-22-6-3-12-33-22/h2,4-5,9,13-15,19,22H,3,6-8,10-12,16-17H2,1H3,(H,27,30)/t22-/m1/s1. The van der Waals surface area contributed by atoms with E-state index < -0.39 is 0 Å². The summed E-state index contributed by atoms with van der Waals surface area (Å²) in [4.78, 5) is 29.1. The van der Waals surface area contributed by atoms with Crippen molar-refractivity contribution in [3.8, 4) is 5.75 Å². The van der Waals surface area contributed by atoms with Crippen LogP contribution in [-0.4, -0.2) is 60.7 Å². The Hall–Kier alpha value is -2.84. The Morgan fingerprint density at radius 2 is 2.03 bits per heavy atom. The molecule has 0 spiro atoms. The number of carbonyl (C=O) groups is 2. The first-order chi connectivity index (χ1) is 16.6. The number of piperidine rings is 1. The van der Waals surface area contributed by atoms with Gasteiger partial charge in [0.2, 0.25) is 5.91 Å². The molecular formula is C26H31N3O4S. The number of methoxy groups -OCH3 is 1. The van der Waals surface area contributed by atoms with Gasteiger partial charge < -0.3 is 24.3 Å². The van der Waals surface area contributed by atoms with Gasteiger partial charge in [-0.1, -0.05) is 12.1 Å². The molecular weight excluding hydrogens is 450 g/mol. The van der Waals surface area contributed by atoms with Gasteiger partial charge in [0.1, 0.15) is 16.3 Å². The van der Waals surface area contributed by atoms with Gasteiger partial charge in [-0.3, -0.25) is 9.59 Å². The molecule has 2 saturated heterocycles. The lowest BCUT2D eigenvalue weighted by atomic mass is 9.95. The molecule has 5 rings (SSSR count). The van der Waals surface area contributed by atoms with Crippen molar-refractivity contribution < 1.29 is 19.1 Å². The van der Waals surface area contributed by atoms with Gasteiger partial charge in [-0.05, 0) is 60.9 Å². The molecule has 2 aliphatic heterocycles. The Morgan fingerprint density at radius 1 is 1.18 bits per heavy atom. The first kappa shape index (κ1) is 22.9. The highest BCUT2D eigenvalue weighted by atomic mass is 32.1. The molecule has 180 valence electrons. The van der Waals surface area contributed by atoms with Crippen molar-refractivity contribution in [3.63, 3.8) is 0 Å². The second kappa shape index (κ2) is 10.2. The van der Waals surface area contributed by atoms with Gasteiger partial charge in [0.05, 0.1) is 13.2 Å². The molecule has 34 heavy (non-hydrogen) atoms. The van der Waals surface area contributed by atoms with Crippen molar-refractivity contribution in [2.24, 2.45) is 5.92 Å². The zero-order valence-corrected chi connectivity index (χ0v) is 20.3. The summed E-state index contributed by atoms with van der Waals surface area (Å²) in [7, 11) is 1.66. The molecule has 1 aromatic carbocycles. The van der Waals surface area contributed by atoms with E-state index in [1.807, 2.05) is 29.2 Å². The Bertz CT molecular complexity index is 1160. The summed E-state index contributed by atoms with van der Waals surface area (Å²) in [6, 6.07) is 12.0. The van der Waals surface area contributed by atoms with Gasteiger partial charge in [0, 0.05) is 44.1 Å². The van der Waals surface area contributed by atoms with Crippen LogP contribution in [0.15, 0.2) is 41.8 Å². The Morgan fingerprint density at radius 3 is 2.79 bits per heavy atom. The Kier molecular flexibility index (Phi) is 6.87. The molecule has 0 radical (unpaired) electrons. The second-order valence-electron chi connectivity index (χ2n) is 9.10. The average Bonchev–Trinajstić information content (AvgIpc) is 3.62. The van der Waals surface area contributed by atoms with E-state index in [9.17, 15) is 9.59 Å². The van der Waals surface area contributed by atoms with Crippen molar-refractivity contribution in [1.29, 1.82) is 0 Å². The fraction of sp³-hybridized carbons (Fsp3) is 0.462. The zero-order chi connectivity index (χ0) is 23.5. The lowest BCUT2D eigenvalue weighted by Crippen LogP contribution is -2.44. The number of rotatable bonds is 7. The number of likely N-dealkylation sites (tertiary alicyclic amines) is 1. The van der Waals surface area contributed by atoms with Crippen LogP contribution in [0.1, 0.15) is 41.7 Å². The zero-order valence-electron chi connectivity index (χ0n) is 19.5. The molecule has 1 atom stereocenters. The first-order valence-electron chi connectivity index (χ1n) is 12.0. The molecule has 0 unspecified atom stereocenters. The summed E-state index contributed by atoms with van der Waals surface area (Å²) < 4.78 is 13.1. The minimum Gasteiger partial charge on any atom is -0.497 e. The Labute approximate surface area is 203 Å². The molecule has 3 aromatic rings. The summed E-state index contributed by atoms with van der Waals surface area (Å²) in [5.41, 5.74) is 1.78. The van der Waals surface area contributed by atoms with Gasteiger partial charge in [0.15, 0.2) is 0 Å². The highest BCUT2D eigenvalue weighted by molar-refractivity contribution is 7.16. The monoisotopic (exact) mass is 481 g/mol. The number of benzene rings is 1. The number of nitrogens with one attached hydrogen (secondary N) is 1. The summed E-state index contributed by atoms with van der Waals surface area (Å²) >= 11 is 1.65. The van der Waals surface area contributed by atoms with Crippen molar-refractivity contribution in [2.75, 3.05) is 33.4 Å². The minimum absolute atomic E-state index is 0.0320. The third-order valence-electron chi connectivity index (χ3n) is 6.88. The quantitative estimate of drug-likeness (QED) is 0.555. The fourth-order valence-electron chi connectivity index (χ4n) is 4.93. The number of nitrogens with zero attached hydrogens (tertiary/aromatic N) is 2. The third-order valence-corrected chi connectivity index (χ3v) is 7.83. The normalized spacial score (nSPS) is 19.0. The van der Waals surface area contributed by atoms with E-state index in [4.69, 9.17) is 9.47 Å². The molecule has 2 aliphatic rings. The van der Waals surface area contributed by atoms with Crippen LogP contribution in [0, 0.1) is 5.92 Å². The van der Waals surface area contributed by atoms with Crippen LogP contribution in [-0.2, 0) is 16.1 Å². The highest BCUT2D eigenvalue weighted by Gasteiger charge is 2.30. The molecule has 8 heteroatoms. The van der Waals surface area contributed by atoms with Crippen LogP contribution in [0.4, 0.5) is 0 Å². The molecule has 2 aromatic heterocycles. The van der Waals surface area contributed by atoms with Crippen molar-refractivity contribution >= 4 is 33.4 Å². The number of ether oxygens (including phenoxy) is 2. The Balaban J connectivity index is 1.25. The molecule has 2 fully saturated rings. The maximum absolute atomic E-state index is 13.5. The van der Waals surface area contributed by atoms with E-state index >= 15 is 0 Å². The summed E-state index contributed by atoms with van der Waals surface area (Å²) in [6.07, 6.45) is 3.61. The number of hydrogen-bond donors (Lipinski definition) is 1. The number of thiophene rings is 1. The molecule has 0 saturated carbocycles. The summed E-state index contributed by atoms with van der Waals surface area (Å²) in [5, 5.41) is 6.19. The van der Waals surface area contributed by atoms with E-state index in [-0.39, 0.29) is 23.8 Å². The van der Waals surface area contributed by atoms with Crippen LogP contribution in [0.3, 0.4) is 0 Å².